The Morgan fingerprint density at radius 3 is 2.32 bits per heavy atom. The van der Waals surface area contributed by atoms with Crippen LogP contribution < -0.4 is 0 Å². The molecule has 0 saturated heterocycles. The van der Waals surface area contributed by atoms with Crippen molar-refractivity contribution in [3.8, 4) is 0 Å². The second-order valence-corrected chi connectivity index (χ2v) is 11.6. The van der Waals surface area contributed by atoms with Gasteiger partial charge in [-0.25, -0.2) is 0 Å². The number of fused-ring (bicyclic) bond motifs is 3. The highest BCUT2D eigenvalue weighted by Gasteiger charge is 2.63. The van der Waals surface area contributed by atoms with E-state index in [9.17, 15) is 14.7 Å². The fraction of sp³-hybridized carbons (Fsp3) is 0.778. The lowest BCUT2D eigenvalue weighted by molar-refractivity contribution is -0.201. The average molecular weight is 431 g/mol. The van der Waals surface area contributed by atoms with Crippen molar-refractivity contribution in [3.05, 3.63) is 24.0 Å². The Kier molecular flexibility index (Phi) is 6.53. The smallest absolute Gasteiger partial charge is 0.302 e. The fourth-order valence-corrected chi connectivity index (χ4v) is 8.16. The molecule has 3 aliphatic rings. The monoisotopic (exact) mass is 430 g/mol. The molecular weight excluding hydrogens is 388 g/mol. The topological polar surface area (TPSA) is 63.6 Å². The van der Waals surface area contributed by atoms with Gasteiger partial charge in [0.1, 0.15) is 6.10 Å². The van der Waals surface area contributed by atoms with Crippen molar-refractivity contribution < 1.29 is 19.4 Å². The van der Waals surface area contributed by atoms with Crippen LogP contribution in [-0.4, -0.2) is 23.0 Å². The summed E-state index contributed by atoms with van der Waals surface area (Å²) in [6.45, 7) is 17.0. The van der Waals surface area contributed by atoms with Crippen molar-refractivity contribution >= 4 is 11.8 Å². The summed E-state index contributed by atoms with van der Waals surface area (Å²) in [7, 11) is 0. The summed E-state index contributed by atoms with van der Waals surface area (Å²) in [6, 6.07) is 0. The maximum Gasteiger partial charge on any atom is 0.302 e. The van der Waals surface area contributed by atoms with E-state index in [0.717, 1.165) is 38.5 Å². The molecule has 3 fully saturated rings. The molecule has 31 heavy (non-hydrogen) atoms. The summed E-state index contributed by atoms with van der Waals surface area (Å²) in [5.41, 5.74) is 1.64. The number of rotatable bonds is 5. The van der Waals surface area contributed by atoms with Gasteiger partial charge in [0.2, 0.25) is 0 Å². The molecule has 0 spiro atoms. The highest BCUT2D eigenvalue weighted by atomic mass is 16.5. The van der Waals surface area contributed by atoms with Crippen LogP contribution in [0.4, 0.5) is 0 Å². The number of aliphatic hydroxyl groups excluding tert-OH is 1. The first-order chi connectivity index (χ1) is 14.3. The van der Waals surface area contributed by atoms with Gasteiger partial charge >= 0.3 is 5.97 Å². The Bertz CT molecular complexity index is 778. The standard InChI is InChI=1S/C27H42O4/c1-17-8-11-23-26(6,21(17)10-9-20(30)16-18(2)28)14-12-22-25(4,5)24(31-19(3)29)13-15-27(22,23)7/h16,21-24,30H,1,8-15H2,2-7H3/t21?,22-,23?,24-,26?,27-/m0/s1. The number of esters is 1. The normalized spacial score (nSPS) is 39.9. The van der Waals surface area contributed by atoms with E-state index in [1.165, 1.54) is 31.9 Å². The zero-order chi connectivity index (χ0) is 23.2. The zero-order valence-electron chi connectivity index (χ0n) is 20.4. The third-order valence-electron chi connectivity index (χ3n) is 9.44. The molecule has 3 saturated carbocycles. The molecule has 0 aromatic carbocycles. The van der Waals surface area contributed by atoms with Crippen LogP contribution in [0, 0.1) is 34.0 Å². The Labute approximate surface area is 188 Å². The first kappa shape index (κ1) is 24.1. The molecular formula is C27H42O4. The largest absolute Gasteiger partial charge is 0.512 e. The number of carbonyl (C=O) groups excluding carboxylic acids is 2. The lowest BCUT2D eigenvalue weighted by atomic mass is 9.38. The SMILES string of the molecule is C=C1CCC2C(C)(CC[C@H]3C(C)(C)[C@@H](OC(C)=O)CC[C@]23C)C1CCC(O)=CC(C)=O. The average Bonchev–Trinajstić information content (AvgIpc) is 2.62. The fourth-order valence-electron chi connectivity index (χ4n) is 8.16. The van der Waals surface area contributed by atoms with E-state index < -0.39 is 0 Å². The summed E-state index contributed by atoms with van der Waals surface area (Å²) < 4.78 is 5.78. The first-order valence-electron chi connectivity index (χ1n) is 12.1. The van der Waals surface area contributed by atoms with Crippen molar-refractivity contribution in [2.24, 2.45) is 34.0 Å². The molecule has 4 nitrogen and oxygen atoms in total. The van der Waals surface area contributed by atoms with E-state index in [-0.39, 0.29) is 39.9 Å². The summed E-state index contributed by atoms with van der Waals surface area (Å²) >= 11 is 0. The highest BCUT2D eigenvalue weighted by molar-refractivity contribution is 5.87. The predicted octanol–water partition coefficient (Wildman–Crippen LogP) is 6.55. The van der Waals surface area contributed by atoms with E-state index in [2.05, 4.69) is 34.3 Å². The number of ketones is 1. The van der Waals surface area contributed by atoms with Gasteiger partial charge in [0.25, 0.3) is 0 Å². The van der Waals surface area contributed by atoms with Crippen molar-refractivity contribution in [2.45, 2.75) is 99.0 Å². The van der Waals surface area contributed by atoms with Crippen LogP contribution in [0.2, 0.25) is 0 Å². The number of ether oxygens (including phenoxy) is 1. The molecule has 0 aromatic heterocycles. The van der Waals surface area contributed by atoms with Gasteiger partial charge in [-0.05, 0) is 80.5 Å². The molecule has 3 rings (SSSR count). The minimum atomic E-state index is -0.172. The van der Waals surface area contributed by atoms with Crippen LogP contribution in [0.1, 0.15) is 92.9 Å². The Balaban J connectivity index is 1.87. The van der Waals surface area contributed by atoms with Gasteiger partial charge in [0.15, 0.2) is 5.78 Å². The van der Waals surface area contributed by atoms with Crippen molar-refractivity contribution in [1.29, 1.82) is 0 Å². The van der Waals surface area contributed by atoms with Gasteiger partial charge in [0, 0.05) is 24.8 Å². The molecule has 6 atom stereocenters. The van der Waals surface area contributed by atoms with Crippen LogP contribution in [0.5, 0.6) is 0 Å². The number of aliphatic hydroxyl groups is 1. The number of hydrogen-bond acceptors (Lipinski definition) is 4. The molecule has 174 valence electrons. The minimum absolute atomic E-state index is 0.00421. The third kappa shape index (κ3) is 4.24. The molecule has 0 aromatic rings. The second kappa shape index (κ2) is 8.41. The van der Waals surface area contributed by atoms with Crippen molar-refractivity contribution in [2.75, 3.05) is 0 Å². The lowest BCUT2D eigenvalue weighted by Crippen LogP contribution is -2.61. The van der Waals surface area contributed by atoms with Gasteiger partial charge in [-0.1, -0.05) is 39.8 Å². The minimum Gasteiger partial charge on any atom is -0.512 e. The van der Waals surface area contributed by atoms with E-state index in [4.69, 9.17) is 4.74 Å². The summed E-state index contributed by atoms with van der Waals surface area (Å²) in [4.78, 5) is 23.0. The zero-order valence-corrected chi connectivity index (χ0v) is 20.4. The summed E-state index contributed by atoms with van der Waals surface area (Å²) in [6.07, 6.45) is 9.22. The van der Waals surface area contributed by atoms with Gasteiger partial charge in [-0.15, -0.1) is 0 Å². The summed E-state index contributed by atoms with van der Waals surface area (Å²) in [5.74, 6) is 1.38. The van der Waals surface area contributed by atoms with E-state index in [1.54, 1.807) is 0 Å². The van der Waals surface area contributed by atoms with Gasteiger partial charge in [0.05, 0.1) is 5.76 Å². The second-order valence-electron chi connectivity index (χ2n) is 11.6. The third-order valence-corrected chi connectivity index (χ3v) is 9.44. The molecule has 0 radical (unpaired) electrons. The molecule has 0 bridgehead atoms. The molecule has 3 aliphatic carbocycles. The Morgan fingerprint density at radius 2 is 1.71 bits per heavy atom. The molecule has 3 unspecified atom stereocenters. The van der Waals surface area contributed by atoms with E-state index >= 15 is 0 Å². The van der Waals surface area contributed by atoms with Gasteiger partial charge in [-0.2, -0.15) is 0 Å². The molecule has 1 N–H and O–H groups in total. The van der Waals surface area contributed by atoms with Crippen LogP contribution in [0.15, 0.2) is 24.0 Å². The predicted molar refractivity (Wildman–Crippen MR) is 123 cm³/mol. The van der Waals surface area contributed by atoms with Crippen LogP contribution in [0.3, 0.4) is 0 Å². The van der Waals surface area contributed by atoms with Crippen molar-refractivity contribution in [3.63, 3.8) is 0 Å². The maximum absolute atomic E-state index is 11.7. The molecule has 0 amide bonds. The molecule has 0 heterocycles. The molecule has 0 aliphatic heterocycles. The van der Waals surface area contributed by atoms with E-state index in [1.807, 2.05) is 0 Å². The molecule has 4 heteroatoms. The number of hydrogen-bond donors (Lipinski definition) is 1. The summed E-state index contributed by atoms with van der Waals surface area (Å²) in [5, 5.41) is 10.2. The van der Waals surface area contributed by atoms with Crippen LogP contribution in [0.25, 0.3) is 0 Å². The van der Waals surface area contributed by atoms with E-state index in [0.29, 0.717) is 24.2 Å². The number of allylic oxidation sites excluding steroid dienone is 3. The van der Waals surface area contributed by atoms with Gasteiger partial charge < -0.3 is 9.84 Å². The number of carbonyl (C=O) groups is 2. The quantitative estimate of drug-likeness (QED) is 0.232. The lowest BCUT2D eigenvalue weighted by Gasteiger charge is -2.67. The Morgan fingerprint density at radius 1 is 1.06 bits per heavy atom. The highest BCUT2D eigenvalue weighted by Crippen LogP contribution is 2.69. The van der Waals surface area contributed by atoms with Crippen LogP contribution >= 0.6 is 0 Å². The Hall–Kier alpha value is -1.58. The van der Waals surface area contributed by atoms with Gasteiger partial charge in [-0.3, -0.25) is 9.59 Å². The van der Waals surface area contributed by atoms with Crippen molar-refractivity contribution in [1.82, 2.24) is 0 Å². The maximum atomic E-state index is 11.7. The van der Waals surface area contributed by atoms with Crippen LogP contribution in [-0.2, 0) is 14.3 Å². The first-order valence-corrected chi connectivity index (χ1v) is 12.1.